The van der Waals surface area contributed by atoms with Crippen LogP contribution in [0.25, 0.3) is 21.6 Å². The van der Waals surface area contributed by atoms with Gasteiger partial charge in [0.2, 0.25) is 5.16 Å². The number of aromatic nitrogens is 7. The van der Waals surface area contributed by atoms with E-state index in [1.165, 1.54) is 12.3 Å². The maximum absolute atomic E-state index is 13.2. The Morgan fingerprint density at radius 3 is 2.67 bits per heavy atom. The molecule has 1 saturated heterocycles. The van der Waals surface area contributed by atoms with Crippen molar-refractivity contribution < 1.29 is 13.2 Å². The van der Waals surface area contributed by atoms with Gasteiger partial charge in [0.15, 0.2) is 0 Å². The molecule has 1 N–H and O–H groups in total. The van der Waals surface area contributed by atoms with Crippen LogP contribution in [0.1, 0.15) is 24.4 Å². The van der Waals surface area contributed by atoms with Crippen molar-refractivity contribution in [3.63, 3.8) is 0 Å². The Balaban J connectivity index is 1.59. The number of nitrogens with one attached hydrogen (secondary N) is 1. The van der Waals surface area contributed by atoms with E-state index in [9.17, 15) is 18.0 Å². The number of H-pyrrole nitrogens is 1. The van der Waals surface area contributed by atoms with Crippen molar-refractivity contribution in [3.05, 3.63) is 39.6 Å². The number of benzene rings is 1. The number of hydrogen-bond acceptors (Lipinski definition) is 9. The summed E-state index contributed by atoms with van der Waals surface area (Å²) in [4.78, 5) is 25.8. The third kappa shape index (κ3) is 4.50. The molecule has 0 atom stereocenters. The Morgan fingerprint density at radius 1 is 1.18 bits per heavy atom. The predicted octanol–water partition coefficient (Wildman–Crippen LogP) is 3.47. The minimum absolute atomic E-state index is 0.0947. The molecular formula is C19H17F3N8OS2. The maximum Gasteiger partial charge on any atom is 0.416 e. The van der Waals surface area contributed by atoms with Gasteiger partial charge in [-0.25, -0.2) is 14.6 Å². The summed E-state index contributed by atoms with van der Waals surface area (Å²) in [6.45, 7) is 1.82. The average Bonchev–Trinajstić information content (AvgIpc) is 3.42. The standard InChI is InChI=1S/C19H17F3N8OS2/c1-29-6-4-11(5-7-29)30-17(26-27-28-30)33-16-15(14-9-23-18(31)32-14)24-12-3-2-10(19(20,21)22)8-13(12)25-16/h2-3,8-9,11H,4-7H2,1H3,(H,23,31). The van der Waals surface area contributed by atoms with E-state index in [0.717, 1.165) is 61.2 Å². The van der Waals surface area contributed by atoms with Crippen LogP contribution in [0.4, 0.5) is 13.2 Å². The van der Waals surface area contributed by atoms with Gasteiger partial charge >= 0.3 is 11.0 Å². The van der Waals surface area contributed by atoms with E-state index in [2.05, 4.69) is 42.4 Å². The lowest BCUT2D eigenvalue weighted by molar-refractivity contribution is -0.137. The summed E-state index contributed by atoms with van der Waals surface area (Å²) in [5, 5.41) is 12.9. The minimum Gasteiger partial charge on any atom is -0.319 e. The zero-order valence-corrected chi connectivity index (χ0v) is 18.8. The molecule has 4 heterocycles. The van der Waals surface area contributed by atoms with Gasteiger partial charge in [-0.1, -0.05) is 11.3 Å². The van der Waals surface area contributed by atoms with E-state index in [1.807, 2.05) is 0 Å². The van der Waals surface area contributed by atoms with Crippen molar-refractivity contribution in [2.75, 3.05) is 20.1 Å². The van der Waals surface area contributed by atoms with Crippen LogP contribution in [0, 0.1) is 0 Å². The Bertz CT molecular complexity index is 1360. The number of likely N-dealkylation sites (tertiary alicyclic amines) is 1. The number of alkyl halides is 3. The molecule has 0 saturated carbocycles. The molecule has 14 heteroatoms. The highest BCUT2D eigenvalue weighted by Crippen LogP contribution is 2.37. The molecule has 0 radical (unpaired) electrons. The van der Waals surface area contributed by atoms with Crippen LogP contribution < -0.4 is 4.87 Å². The zero-order chi connectivity index (χ0) is 23.2. The van der Waals surface area contributed by atoms with Crippen molar-refractivity contribution in [1.29, 1.82) is 0 Å². The van der Waals surface area contributed by atoms with Gasteiger partial charge < -0.3 is 9.88 Å². The molecule has 1 aromatic carbocycles. The Morgan fingerprint density at radius 2 is 1.97 bits per heavy atom. The topological polar surface area (TPSA) is 105 Å². The van der Waals surface area contributed by atoms with Gasteiger partial charge in [-0.05, 0) is 73.4 Å². The highest BCUT2D eigenvalue weighted by Gasteiger charge is 2.31. The molecule has 5 rings (SSSR count). The first-order valence-corrected chi connectivity index (χ1v) is 11.6. The molecular weight excluding hydrogens is 477 g/mol. The largest absolute Gasteiger partial charge is 0.416 e. The van der Waals surface area contributed by atoms with Gasteiger partial charge in [-0.3, -0.25) is 4.79 Å². The number of hydrogen-bond donors (Lipinski definition) is 1. The number of tetrazole rings is 1. The van der Waals surface area contributed by atoms with Gasteiger partial charge in [0.05, 0.1) is 27.5 Å². The van der Waals surface area contributed by atoms with Crippen LogP contribution in [0.5, 0.6) is 0 Å². The molecule has 172 valence electrons. The van der Waals surface area contributed by atoms with Crippen LogP contribution in [0.2, 0.25) is 0 Å². The van der Waals surface area contributed by atoms with Gasteiger partial charge in [0, 0.05) is 6.20 Å². The second kappa shape index (κ2) is 8.50. The highest BCUT2D eigenvalue weighted by molar-refractivity contribution is 7.99. The van der Waals surface area contributed by atoms with Crippen LogP contribution in [-0.2, 0) is 6.18 Å². The third-order valence-corrected chi connectivity index (χ3v) is 7.16. The number of halogens is 3. The smallest absolute Gasteiger partial charge is 0.319 e. The summed E-state index contributed by atoms with van der Waals surface area (Å²) in [5.41, 5.74) is -0.0422. The van der Waals surface area contributed by atoms with Crippen LogP contribution in [0.15, 0.2) is 39.4 Å². The highest BCUT2D eigenvalue weighted by atomic mass is 32.2. The number of rotatable bonds is 4. The molecule has 1 aliphatic rings. The molecule has 0 spiro atoms. The zero-order valence-electron chi connectivity index (χ0n) is 17.2. The lowest BCUT2D eigenvalue weighted by Gasteiger charge is -2.28. The van der Waals surface area contributed by atoms with Crippen molar-refractivity contribution in [2.45, 2.75) is 35.2 Å². The number of aromatic amines is 1. The van der Waals surface area contributed by atoms with E-state index in [0.29, 0.717) is 20.8 Å². The number of nitrogens with zero attached hydrogens (tertiary/aromatic N) is 7. The van der Waals surface area contributed by atoms with Crippen molar-refractivity contribution in [2.24, 2.45) is 0 Å². The number of thiazole rings is 1. The molecule has 0 aliphatic carbocycles. The molecule has 0 amide bonds. The Labute approximate surface area is 193 Å². The summed E-state index contributed by atoms with van der Waals surface area (Å²) in [5.74, 6) is 0. The third-order valence-electron chi connectivity index (χ3n) is 5.40. The second-order valence-electron chi connectivity index (χ2n) is 7.66. The predicted molar refractivity (Wildman–Crippen MR) is 116 cm³/mol. The number of piperidine rings is 1. The molecule has 1 fully saturated rings. The molecule has 0 unspecified atom stereocenters. The molecule has 9 nitrogen and oxygen atoms in total. The van der Waals surface area contributed by atoms with E-state index < -0.39 is 11.7 Å². The van der Waals surface area contributed by atoms with Crippen molar-refractivity contribution >= 4 is 34.1 Å². The number of fused-ring (bicyclic) bond motifs is 1. The fourth-order valence-corrected chi connectivity index (χ4v) is 5.32. The lowest BCUT2D eigenvalue weighted by atomic mass is 10.1. The van der Waals surface area contributed by atoms with Crippen LogP contribution >= 0.6 is 23.1 Å². The summed E-state index contributed by atoms with van der Waals surface area (Å²) < 4.78 is 41.4. The summed E-state index contributed by atoms with van der Waals surface area (Å²) in [6, 6.07) is 3.32. The van der Waals surface area contributed by atoms with Crippen LogP contribution in [0.3, 0.4) is 0 Å². The van der Waals surface area contributed by atoms with E-state index in [-0.39, 0.29) is 21.9 Å². The minimum atomic E-state index is -4.50. The maximum atomic E-state index is 13.2. The quantitative estimate of drug-likeness (QED) is 0.460. The Kier molecular flexibility index (Phi) is 5.66. The monoisotopic (exact) mass is 494 g/mol. The molecule has 33 heavy (non-hydrogen) atoms. The SMILES string of the molecule is CN1CCC(n2nnnc2Sc2nc3cc(C(F)(F)F)ccc3nc2-c2c[nH]c(=O)s2)CC1. The molecule has 1 aliphatic heterocycles. The fourth-order valence-electron chi connectivity index (χ4n) is 3.65. The summed E-state index contributed by atoms with van der Waals surface area (Å²) >= 11 is 2.07. The van der Waals surface area contributed by atoms with Gasteiger partial charge in [0.1, 0.15) is 10.7 Å². The van der Waals surface area contributed by atoms with Gasteiger partial charge in [-0.2, -0.15) is 13.2 Å². The first-order chi connectivity index (χ1) is 15.8. The fraction of sp³-hybridized carbons (Fsp3) is 0.368. The molecule has 3 aromatic heterocycles. The van der Waals surface area contributed by atoms with E-state index >= 15 is 0 Å². The summed E-state index contributed by atoms with van der Waals surface area (Å²) in [6.07, 6.45) is -1.24. The molecule has 4 aromatic rings. The average molecular weight is 495 g/mol. The normalized spacial score (nSPS) is 16.0. The van der Waals surface area contributed by atoms with E-state index in [1.54, 1.807) is 4.68 Å². The van der Waals surface area contributed by atoms with E-state index in [4.69, 9.17) is 0 Å². The second-order valence-corrected chi connectivity index (χ2v) is 9.63. The summed E-state index contributed by atoms with van der Waals surface area (Å²) in [7, 11) is 2.06. The first-order valence-electron chi connectivity index (χ1n) is 10.00. The Hall–Kier alpha value is -2.84. The lowest BCUT2D eigenvalue weighted by Crippen LogP contribution is -2.32. The van der Waals surface area contributed by atoms with Crippen molar-refractivity contribution in [3.8, 4) is 10.6 Å². The van der Waals surface area contributed by atoms with Gasteiger partial charge in [-0.15, -0.1) is 5.10 Å². The van der Waals surface area contributed by atoms with Gasteiger partial charge in [0.25, 0.3) is 0 Å². The van der Waals surface area contributed by atoms with Crippen molar-refractivity contribution in [1.82, 2.24) is 40.1 Å². The van der Waals surface area contributed by atoms with Crippen LogP contribution in [-0.4, -0.2) is 60.2 Å². The molecule has 0 bridgehead atoms. The first kappa shape index (κ1) is 22.0.